The van der Waals surface area contributed by atoms with Crippen molar-refractivity contribution in [1.29, 1.82) is 0 Å². The number of benzene rings is 1. The highest BCUT2D eigenvalue weighted by Gasteiger charge is 2.68. The predicted octanol–water partition coefficient (Wildman–Crippen LogP) is 2.92. The fourth-order valence-electron chi connectivity index (χ4n) is 6.68. The maximum Gasteiger partial charge on any atom is 0.303 e. The lowest BCUT2D eigenvalue weighted by molar-refractivity contribution is -0.166. The second-order valence-electron chi connectivity index (χ2n) is 11.0. The molecule has 0 aromatic heterocycles. The molecule has 2 fully saturated rings. The van der Waals surface area contributed by atoms with Crippen molar-refractivity contribution < 1.29 is 29.3 Å². The van der Waals surface area contributed by atoms with Gasteiger partial charge in [-0.05, 0) is 49.0 Å². The van der Waals surface area contributed by atoms with Gasteiger partial charge in [-0.25, -0.2) is 0 Å². The Bertz CT molecular complexity index is 1140. The Labute approximate surface area is 218 Å². The largest absolute Gasteiger partial charge is 0.457 e. The molecule has 3 aliphatic rings. The average Bonchev–Trinajstić information content (AvgIpc) is 3.13. The Morgan fingerprint density at radius 3 is 2.51 bits per heavy atom. The van der Waals surface area contributed by atoms with Crippen LogP contribution in [0.25, 0.3) is 0 Å². The summed E-state index contributed by atoms with van der Waals surface area (Å²) >= 11 is 0. The number of hydrogen-bond acceptors (Lipinski definition) is 6. The zero-order valence-corrected chi connectivity index (χ0v) is 21.9. The molecule has 1 heterocycles. The van der Waals surface area contributed by atoms with Crippen LogP contribution in [-0.2, 0) is 25.5 Å². The highest BCUT2D eigenvalue weighted by molar-refractivity contribution is 5.91. The van der Waals surface area contributed by atoms with Crippen molar-refractivity contribution in [2.24, 2.45) is 29.1 Å². The standard InChI is InChI=1S/C30H37NO6/c1-17-10-9-13-22-26(33)19(3)18(2)25-23(16-21-11-7-6-8-12-21)31-28(35)30(22,25)24(37-20(4)32)14-15-29(5,36)27(17)34/h6-9,11-15,17-18,22-26,33,36H,3,10,16H2,1-2,4-5H3,(H,31,35)/b13-9-,15-14-/t17-,18+,22-,23-,24+,25-,26+,29+,30?/m1/s1. The predicted molar refractivity (Wildman–Crippen MR) is 139 cm³/mol. The molecule has 1 spiro atoms. The van der Waals surface area contributed by atoms with Gasteiger partial charge in [0.25, 0.3) is 0 Å². The minimum absolute atomic E-state index is 0.287. The second-order valence-corrected chi connectivity index (χ2v) is 11.0. The Morgan fingerprint density at radius 2 is 1.86 bits per heavy atom. The molecular weight excluding hydrogens is 470 g/mol. The van der Waals surface area contributed by atoms with E-state index >= 15 is 0 Å². The van der Waals surface area contributed by atoms with Crippen molar-refractivity contribution in [2.75, 3.05) is 0 Å². The minimum Gasteiger partial charge on any atom is -0.457 e. The number of ketones is 1. The van der Waals surface area contributed by atoms with Crippen LogP contribution in [0.15, 0.2) is 66.8 Å². The molecule has 1 saturated carbocycles. The van der Waals surface area contributed by atoms with Gasteiger partial charge in [-0.1, -0.05) is 62.9 Å². The Morgan fingerprint density at radius 1 is 1.19 bits per heavy atom. The minimum atomic E-state index is -1.82. The smallest absolute Gasteiger partial charge is 0.303 e. The van der Waals surface area contributed by atoms with Crippen LogP contribution in [0, 0.1) is 29.1 Å². The van der Waals surface area contributed by atoms with Crippen LogP contribution in [0.4, 0.5) is 0 Å². The van der Waals surface area contributed by atoms with Gasteiger partial charge in [0.2, 0.25) is 5.91 Å². The fourth-order valence-corrected chi connectivity index (χ4v) is 6.68. The number of allylic oxidation sites excluding steroid dienone is 1. The molecule has 9 atom stereocenters. The average molecular weight is 508 g/mol. The van der Waals surface area contributed by atoms with Gasteiger partial charge in [0.15, 0.2) is 5.78 Å². The number of aliphatic hydroxyl groups is 2. The molecule has 0 radical (unpaired) electrons. The number of aliphatic hydroxyl groups excluding tert-OH is 1. The van der Waals surface area contributed by atoms with Gasteiger partial charge in [0, 0.05) is 30.7 Å². The van der Waals surface area contributed by atoms with E-state index in [-0.39, 0.29) is 23.7 Å². The zero-order valence-electron chi connectivity index (χ0n) is 21.9. The molecule has 0 bridgehead atoms. The Hall–Kier alpha value is -3.03. The normalized spacial score (nSPS) is 41.6. The molecule has 4 rings (SSSR count). The first-order valence-electron chi connectivity index (χ1n) is 12.9. The lowest BCUT2D eigenvalue weighted by Gasteiger charge is -2.52. The van der Waals surface area contributed by atoms with Gasteiger partial charge < -0.3 is 20.3 Å². The van der Waals surface area contributed by atoms with E-state index in [0.717, 1.165) is 5.56 Å². The SMILES string of the molecule is C=C1[C@H](C)[C@@H]2[C@@H](Cc3ccccc3)NC(=O)C23[C@@H](OC(C)=O)/C=C\[C@](C)(O)C(=O)[C@H](C)C/C=C\[C@@H]3[C@H]1O. The number of ether oxygens (including phenoxy) is 1. The summed E-state index contributed by atoms with van der Waals surface area (Å²) < 4.78 is 5.81. The number of rotatable bonds is 3. The van der Waals surface area contributed by atoms with E-state index in [1.165, 1.54) is 26.0 Å². The van der Waals surface area contributed by atoms with Crippen LogP contribution in [0.3, 0.4) is 0 Å². The third-order valence-electron chi connectivity index (χ3n) is 8.53. The number of esters is 1. The van der Waals surface area contributed by atoms with Crippen LogP contribution >= 0.6 is 0 Å². The lowest BCUT2D eigenvalue weighted by Crippen LogP contribution is -2.60. The Kier molecular flexibility index (Phi) is 7.32. The summed E-state index contributed by atoms with van der Waals surface area (Å²) in [6.45, 7) is 10.5. The van der Waals surface area contributed by atoms with E-state index < -0.39 is 46.9 Å². The van der Waals surface area contributed by atoms with E-state index in [0.29, 0.717) is 18.4 Å². The topological polar surface area (TPSA) is 113 Å². The zero-order chi connectivity index (χ0) is 27.1. The van der Waals surface area contributed by atoms with Crippen LogP contribution in [0.2, 0.25) is 0 Å². The van der Waals surface area contributed by atoms with E-state index in [1.54, 1.807) is 19.1 Å². The molecule has 1 saturated heterocycles. The van der Waals surface area contributed by atoms with Crippen LogP contribution < -0.4 is 5.32 Å². The summed E-state index contributed by atoms with van der Waals surface area (Å²) in [4.78, 5) is 39.5. The first-order valence-corrected chi connectivity index (χ1v) is 12.9. The number of carbonyl (C=O) groups excluding carboxylic acids is 3. The Balaban J connectivity index is 1.94. The molecule has 7 heteroatoms. The lowest BCUT2D eigenvalue weighted by atomic mass is 9.51. The van der Waals surface area contributed by atoms with Crippen molar-refractivity contribution in [2.45, 2.75) is 64.4 Å². The molecule has 1 amide bonds. The van der Waals surface area contributed by atoms with Gasteiger partial charge in [-0.2, -0.15) is 0 Å². The molecule has 1 unspecified atom stereocenters. The van der Waals surface area contributed by atoms with E-state index in [2.05, 4.69) is 11.9 Å². The van der Waals surface area contributed by atoms with E-state index in [4.69, 9.17) is 4.74 Å². The van der Waals surface area contributed by atoms with Crippen molar-refractivity contribution in [1.82, 2.24) is 5.32 Å². The van der Waals surface area contributed by atoms with Crippen molar-refractivity contribution in [3.05, 3.63) is 72.4 Å². The van der Waals surface area contributed by atoms with E-state index in [9.17, 15) is 24.6 Å². The molecular formula is C30H37NO6. The summed E-state index contributed by atoms with van der Waals surface area (Å²) in [6, 6.07) is 9.49. The molecule has 1 aromatic carbocycles. The highest BCUT2D eigenvalue weighted by atomic mass is 16.5. The maximum absolute atomic E-state index is 14.2. The molecule has 2 aliphatic carbocycles. The second kappa shape index (κ2) is 10.0. The molecule has 3 N–H and O–H groups in total. The first-order chi connectivity index (χ1) is 17.4. The number of amides is 1. The van der Waals surface area contributed by atoms with Gasteiger partial charge in [0.05, 0.1) is 6.10 Å². The molecule has 1 aliphatic heterocycles. The van der Waals surface area contributed by atoms with Gasteiger partial charge in [-0.15, -0.1) is 0 Å². The van der Waals surface area contributed by atoms with E-state index in [1.807, 2.05) is 37.3 Å². The summed E-state index contributed by atoms with van der Waals surface area (Å²) in [5, 5.41) is 25.7. The van der Waals surface area contributed by atoms with Crippen molar-refractivity contribution in [3.8, 4) is 0 Å². The summed E-state index contributed by atoms with van der Waals surface area (Å²) in [5.74, 6) is -3.26. The van der Waals surface area contributed by atoms with Crippen molar-refractivity contribution in [3.63, 3.8) is 0 Å². The van der Waals surface area contributed by atoms with Crippen LogP contribution in [-0.4, -0.2) is 51.7 Å². The highest BCUT2D eigenvalue weighted by Crippen LogP contribution is 2.58. The molecule has 37 heavy (non-hydrogen) atoms. The first kappa shape index (κ1) is 27.0. The van der Waals surface area contributed by atoms with Gasteiger partial charge in [-0.3, -0.25) is 14.4 Å². The fraction of sp³-hybridized carbons (Fsp3) is 0.500. The van der Waals surface area contributed by atoms with Crippen LogP contribution in [0.1, 0.15) is 39.7 Å². The third-order valence-corrected chi connectivity index (χ3v) is 8.53. The number of hydrogen-bond donors (Lipinski definition) is 3. The van der Waals surface area contributed by atoms with Crippen molar-refractivity contribution >= 4 is 17.7 Å². The van der Waals surface area contributed by atoms with Gasteiger partial charge >= 0.3 is 5.97 Å². The molecule has 1 aromatic rings. The third kappa shape index (κ3) is 4.59. The molecule has 7 nitrogen and oxygen atoms in total. The summed E-state index contributed by atoms with van der Waals surface area (Å²) in [6.07, 6.45) is 5.01. The number of Topliss-reactive ketones (excluding diaryl/α,β-unsaturated/α-hetero) is 1. The summed E-state index contributed by atoms with van der Waals surface area (Å²) in [5.41, 5.74) is -1.55. The quantitative estimate of drug-likeness (QED) is 0.428. The molecule has 198 valence electrons. The maximum atomic E-state index is 14.2. The monoisotopic (exact) mass is 507 g/mol. The number of carbonyl (C=O) groups is 3. The van der Waals surface area contributed by atoms with Gasteiger partial charge in [0.1, 0.15) is 17.1 Å². The number of nitrogens with one attached hydrogen (secondary N) is 1. The summed E-state index contributed by atoms with van der Waals surface area (Å²) in [7, 11) is 0. The van der Waals surface area contributed by atoms with Crippen LogP contribution in [0.5, 0.6) is 0 Å².